The Hall–Kier alpha value is -5.10. The lowest BCUT2D eigenvalue weighted by Gasteiger charge is -2.22. The van der Waals surface area contributed by atoms with Gasteiger partial charge >= 0.3 is 0 Å². The van der Waals surface area contributed by atoms with Crippen molar-refractivity contribution in [2.75, 3.05) is 0 Å². The Morgan fingerprint density at radius 3 is 2.06 bits per heavy atom. The molecule has 0 spiro atoms. The third-order valence-electron chi connectivity index (χ3n) is 9.85. The molecule has 2 aromatic heterocycles. The van der Waals surface area contributed by atoms with E-state index >= 15 is 0 Å². The summed E-state index contributed by atoms with van der Waals surface area (Å²) in [6.45, 7) is 4.76. The van der Waals surface area contributed by atoms with E-state index in [1.165, 1.54) is 63.6 Å². The van der Waals surface area contributed by atoms with Crippen LogP contribution in [0, 0.1) is 0 Å². The number of benzene rings is 6. The minimum atomic E-state index is -0.162. The molecular formula is C43H29N3S2. The summed E-state index contributed by atoms with van der Waals surface area (Å²) in [5.74, 6) is 1.59. The largest absolute Gasteiger partial charge is 0.292 e. The normalized spacial score (nSPS) is 14.0. The second kappa shape index (κ2) is 10.4. The van der Waals surface area contributed by atoms with Crippen molar-refractivity contribution in [2.24, 2.45) is 0 Å². The number of aromatic nitrogens is 3. The molecule has 0 N–H and O–H groups in total. The van der Waals surface area contributed by atoms with Gasteiger partial charge in [0.25, 0.3) is 0 Å². The number of nitrogens with zero attached hydrogens (tertiary/aromatic N) is 3. The average Bonchev–Trinajstić information content (AvgIpc) is 3.60. The summed E-state index contributed by atoms with van der Waals surface area (Å²) in [6.07, 6.45) is 0. The molecule has 2 aliphatic rings. The highest BCUT2D eigenvalue weighted by atomic mass is 32.2. The van der Waals surface area contributed by atoms with Gasteiger partial charge in [-0.15, -0.1) is 0 Å². The molecule has 3 nitrogen and oxygen atoms in total. The van der Waals surface area contributed by atoms with Crippen molar-refractivity contribution < 1.29 is 0 Å². The Labute approximate surface area is 287 Å². The van der Waals surface area contributed by atoms with E-state index in [-0.39, 0.29) is 5.41 Å². The average molecular weight is 652 g/mol. The Morgan fingerprint density at radius 1 is 0.583 bits per heavy atom. The molecule has 0 amide bonds. The summed E-state index contributed by atoms with van der Waals surface area (Å²) in [7, 11) is 0. The summed E-state index contributed by atoms with van der Waals surface area (Å²) in [6, 6.07) is 50.0. The van der Waals surface area contributed by atoms with Gasteiger partial charge in [-0.25, -0.2) is 9.97 Å². The van der Waals surface area contributed by atoms with Gasteiger partial charge in [0, 0.05) is 48.1 Å². The second-order valence-corrected chi connectivity index (χ2v) is 15.1. The molecule has 5 heteroatoms. The van der Waals surface area contributed by atoms with Crippen LogP contribution in [0.4, 0.5) is 0 Å². The lowest BCUT2D eigenvalue weighted by atomic mass is 9.80. The first-order valence-corrected chi connectivity index (χ1v) is 17.9. The molecule has 0 bridgehead atoms. The number of hydrogen-bond donors (Lipinski definition) is 0. The molecule has 0 fully saturated rings. The van der Waals surface area contributed by atoms with E-state index in [1.807, 2.05) is 29.6 Å². The summed E-state index contributed by atoms with van der Waals surface area (Å²) in [4.78, 5) is 15.6. The molecule has 10 rings (SSSR count). The lowest BCUT2D eigenvalue weighted by molar-refractivity contribution is 0.666. The van der Waals surface area contributed by atoms with Crippen molar-refractivity contribution in [3.05, 3.63) is 151 Å². The highest BCUT2D eigenvalue weighted by molar-refractivity contribution is 8.05. The molecule has 228 valence electrons. The van der Waals surface area contributed by atoms with Crippen LogP contribution in [0.5, 0.6) is 0 Å². The number of hydrogen-bond acceptors (Lipinski definition) is 4. The molecule has 0 saturated heterocycles. The van der Waals surface area contributed by atoms with Crippen LogP contribution in [0.25, 0.3) is 61.4 Å². The zero-order chi connectivity index (χ0) is 32.0. The zero-order valence-electron chi connectivity index (χ0n) is 26.4. The van der Waals surface area contributed by atoms with E-state index in [1.54, 1.807) is 0 Å². The van der Waals surface area contributed by atoms with Crippen LogP contribution in [0.3, 0.4) is 0 Å². The summed E-state index contributed by atoms with van der Waals surface area (Å²) in [5.41, 5.74) is 10.6. The fourth-order valence-electron chi connectivity index (χ4n) is 7.71. The van der Waals surface area contributed by atoms with Gasteiger partial charge in [-0.2, -0.15) is 0 Å². The number of rotatable bonds is 3. The molecule has 8 aromatic rings. The Balaban J connectivity index is 1.34. The highest BCUT2D eigenvalue weighted by Crippen LogP contribution is 2.56. The Bertz CT molecular complexity index is 2530. The number of fused-ring (bicyclic) bond motifs is 10. The minimum Gasteiger partial charge on any atom is -0.292 e. The lowest BCUT2D eigenvalue weighted by Crippen LogP contribution is -2.15. The monoisotopic (exact) mass is 651 g/mol. The highest BCUT2D eigenvalue weighted by Gasteiger charge is 2.38. The van der Waals surface area contributed by atoms with E-state index < -0.39 is 0 Å². The van der Waals surface area contributed by atoms with Gasteiger partial charge in [0.15, 0.2) is 5.82 Å². The summed E-state index contributed by atoms with van der Waals surface area (Å²) < 4.78 is 2.42. The van der Waals surface area contributed by atoms with Crippen LogP contribution in [-0.2, 0) is 5.41 Å². The first-order valence-electron chi connectivity index (χ1n) is 16.3. The molecule has 1 aliphatic carbocycles. The van der Waals surface area contributed by atoms with Gasteiger partial charge in [-0.1, -0.05) is 147 Å². The summed E-state index contributed by atoms with van der Waals surface area (Å²) >= 11 is 3.73. The maximum absolute atomic E-state index is 5.37. The van der Waals surface area contributed by atoms with Crippen molar-refractivity contribution in [1.29, 1.82) is 0 Å². The van der Waals surface area contributed by atoms with E-state index in [0.717, 1.165) is 22.6 Å². The first kappa shape index (κ1) is 28.0. The van der Waals surface area contributed by atoms with Crippen LogP contribution in [0.15, 0.2) is 159 Å². The Kier molecular flexibility index (Phi) is 6.09. The predicted octanol–water partition coefficient (Wildman–Crippen LogP) is 11.8. The van der Waals surface area contributed by atoms with E-state index in [4.69, 9.17) is 9.97 Å². The van der Waals surface area contributed by atoms with Gasteiger partial charge in [0.1, 0.15) is 5.82 Å². The van der Waals surface area contributed by atoms with Gasteiger partial charge in [0.2, 0.25) is 0 Å². The van der Waals surface area contributed by atoms with Gasteiger partial charge < -0.3 is 0 Å². The maximum atomic E-state index is 5.37. The van der Waals surface area contributed by atoms with Crippen molar-refractivity contribution in [3.63, 3.8) is 0 Å². The van der Waals surface area contributed by atoms with Crippen molar-refractivity contribution in [3.8, 4) is 39.6 Å². The predicted molar refractivity (Wildman–Crippen MR) is 199 cm³/mol. The topological polar surface area (TPSA) is 30.7 Å². The molecule has 0 saturated carbocycles. The fraction of sp³-hybridized carbons (Fsp3) is 0.0698. The SMILES string of the molecule is CC1(C)c2ccccc2-c2ccc3c(c21)c1ccc2c(c1n3-c1cc(-c3ccccc3)nc(-c3ccccc3)n1)Sc1ccccc1S2. The molecule has 0 radical (unpaired) electrons. The van der Waals surface area contributed by atoms with E-state index in [2.05, 4.69) is 152 Å². The molecule has 48 heavy (non-hydrogen) atoms. The van der Waals surface area contributed by atoms with Crippen LogP contribution in [0.1, 0.15) is 25.0 Å². The quantitative estimate of drug-likeness (QED) is 0.190. The summed E-state index contributed by atoms with van der Waals surface area (Å²) in [5, 5.41) is 2.56. The maximum Gasteiger partial charge on any atom is 0.162 e. The van der Waals surface area contributed by atoms with Gasteiger partial charge in [-0.3, -0.25) is 4.57 Å². The van der Waals surface area contributed by atoms with E-state index in [0.29, 0.717) is 5.82 Å². The standard InChI is InChI=1S/C43H29N3S2/c1-43(2)31-18-10-9-17-28(31)29-21-23-33-38(39(29)43)30-22-24-36-41(48-35-20-12-11-19-34(35)47-36)40(30)46(33)37-25-32(26-13-5-3-6-14-26)44-42(45-37)27-15-7-4-8-16-27/h3-25H,1-2H3. The molecule has 6 aromatic carbocycles. The van der Waals surface area contributed by atoms with Crippen molar-refractivity contribution in [2.45, 2.75) is 38.8 Å². The minimum absolute atomic E-state index is 0.162. The smallest absolute Gasteiger partial charge is 0.162 e. The van der Waals surface area contributed by atoms with E-state index in [9.17, 15) is 0 Å². The Morgan fingerprint density at radius 2 is 1.27 bits per heavy atom. The molecule has 0 unspecified atom stereocenters. The zero-order valence-corrected chi connectivity index (χ0v) is 28.1. The molecule has 1 aliphatic heterocycles. The van der Waals surface area contributed by atoms with Crippen molar-refractivity contribution in [1.82, 2.24) is 14.5 Å². The second-order valence-electron chi connectivity index (χ2n) is 13.0. The van der Waals surface area contributed by atoms with Crippen molar-refractivity contribution >= 4 is 45.3 Å². The fourth-order valence-corrected chi connectivity index (χ4v) is 10.1. The first-order chi connectivity index (χ1) is 23.6. The third-order valence-corrected chi connectivity index (χ3v) is 12.4. The third kappa shape index (κ3) is 4.04. The van der Waals surface area contributed by atoms with Crippen LogP contribution >= 0.6 is 23.5 Å². The van der Waals surface area contributed by atoms with Crippen LogP contribution < -0.4 is 0 Å². The van der Waals surface area contributed by atoms with Crippen LogP contribution in [0.2, 0.25) is 0 Å². The molecule has 3 heterocycles. The van der Waals surface area contributed by atoms with Crippen LogP contribution in [-0.4, -0.2) is 14.5 Å². The molecular weight excluding hydrogens is 623 g/mol. The molecule has 0 atom stereocenters. The van der Waals surface area contributed by atoms with Gasteiger partial charge in [-0.05, 0) is 46.5 Å². The van der Waals surface area contributed by atoms with Gasteiger partial charge in [0.05, 0.1) is 21.6 Å².